The molecule has 15 heavy (non-hydrogen) atoms. The molecule has 1 rings (SSSR count). The Morgan fingerprint density at radius 2 is 1.87 bits per heavy atom. The van der Waals surface area contributed by atoms with Crippen molar-refractivity contribution in [2.75, 3.05) is 13.2 Å². The van der Waals surface area contributed by atoms with Crippen molar-refractivity contribution in [1.82, 2.24) is 0 Å². The number of aliphatic hydroxyl groups is 4. The van der Waals surface area contributed by atoms with Crippen LogP contribution in [0.15, 0.2) is 12.7 Å². The molecule has 0 amide bonds. The molecule has 4 N–H and O–H groups in total. The second kappa shape index (κ2) is 5.55. The van der Waals surface area contributed by atoms with Gasteiger partial charge >= 0.3 is 0 Å². The van der Waals surface area contributed by atoms with E-state index in [1.165, 1.54) is 6.08 Å². The van der Waals surface area contributed by atoms with Gasteiger partial charge in [-0.3, -0.25) is 0 Å². The molecule has 1 aliphatic heterocycles. The van der Waals surface area contributed by atoms with E-state index in [-0.39, 0.29) is 6.61 Å². The SMILES string of the molecule is C=CCOC1OC(CO)C(O)C(O)C1O. The quantitative estimate of drug-likeness (QED) is 0.408. The Hall–Kier alpha value is -0.500. The lowest BCUT2D eigenvalue weighted by molar-refractivity contribution is -0.298. The van der Waals surface area contributed by atoms with Gasteiger partial charge in [0.05, 0.1) is 13.2 Å². The first kappa shape index (κ1) is 12.6. The van der Waals surface area contributed by atoms with Crippen LogP contribution in [-0.2, 0) is 9.47 Å². The van der Waals surface area contributed by atoms with Crippen LogP contribution >= 0.6 is 0 Å². The zero-order valence-electron chi connectivity index (χ0n) is 8.19. The Morgan fingerprint density at radius 1 is 1.20 bits per heavy atom. The minimum absolute atomic E-state index is 0.142. The van der Waals surface area contributed by atoms with Crippen molar-refractivity contribution in [2.45, 2.75) is 30.7 Å². The van der Waals surface area contributed by atoms with Gasteiger partial charge in [-0.05, 0) is 0 Å². The van der Waals surface area contributed by atoms with Crippen LogP contribution in [0.4, 0.5) is 0 Å². The summed E-state index contributed by atoms with van der Waals surface area (Å²) < 4.78 is 10.1. The monoisotopic (exact) mass is 220 g/mol. The third-order valence-electron chi connectivity index (χ3n) is 2.23. The van der Waals surface area contributed by atoms with Gasteiger partial charge in [0.1, 0.15) is 24.4 Å². The highest BCUT2D eigenvalue weighted by atomic mass is 16.7. The summed E-state index contributed by atoms with van der Waals surface area (Å²) in [6.07, 6.45) is -4.64. The molecule has 0 radical (unpaired) electrons. The number of ether oxygens (including phenoxy) is 2. The van der Waals surface area contributed by atoms with Gasteiger partial charge in [-0.1, -0.05) is 6.08 Å². The highest BCUT2D eigenvalue weighted by Gasteiger charge is 2.43. The first-order chi connectivity index (χ1) is 7.11. The summed E-state index contributed by atoms with van der Waals surface area (Å²) in [5.41, 5.74) is 0. The number of rotatable bonds is 4. The third-order valence-corrected chi connectivity index (χ3v) is 2.23. The molecule has 0 bridgehead atoms. The van der Waals surface area contributed by atoms with Gasteiger partial charge < -0.3 is 29.9 Å². The lowest BCUT2D eigenvalue weighted by atomic mass is 9.99. The second-order valence-electron chi connectivity index (χ2n) is 3.32. The van der Waals surface area contributed by atoms with Gasteiger partial charge in [0.25, 0.3) is 0 Å². The maximum absolute atomic E-state index is 9.47. The molecular formula is C9H16O6. The predicted molar refractivity (Wildman–Crippen MR) is 49.9 cm³/mol. The summed E-state index contributed by atoms with van der Waals surface area (Å²) in [5, 5.41) is 37.1. The fraction of sp³-hybridized carbons (Fsp3) is 0.778. The molecule has 1 aliphatic rings. The lowest BCUT2D eigenvalue weighted by Crippen LogP contribution is -2.59. The van der Waals surface area contributed by atoms with E-state index in [0.29, 0.717) is 0 Å². The van der Waals surface area contributed by atoms with Crippen molar-refractivity contribution in [3.63, 3.8) is 0 Å². The van der Waals surface area contributed by atoms with Gasteiger partial charge in [-0.2, -0.15) is 0 Å². The topological polar surface area (TPSA) is 99.4 Å². The molecular weight excluding hydrogens is 204 g/mol. The predicted octanol–water partition coefficient (Wildman–Crippen LogP) is -2.01. The molecule has 0 aromatic carbocycles. The molecule has 1 fully saturated rings. The minimum Gasteiger partial charge on any atom is -0.394 e. The van der Waals surface area contributed by atoms with Gasteiger partial charge in [0, 0.05) is 0 Å². The van der Waals surface area contributed by atoms with Crippen molar-refractivity contribution in [3.05, 3.63) is 12.7 Å². The van der Waals surface area contributed by atoms with Gasteiger partial charge in [0.2, 0.25) is 0 Å². The van der Waals surface area contributed by atoms with E-state index < -0.39 is 37.3 Å². The van der Waals surface area contributed by atoms with E-state index in [1.54, 1.807) is 0 Å². The molecule has 0 spiro atoms. The van der Waals surface area contributed by atoms with Crippen molar-refractivity contribution >= 4 is 0 Å². The minimum atomic E-state index is -1.40. The van der Waals surface area contributed by atoms with Crippen molar-refractivity contribution in [3.8, 4) is 0 Å². The maximum atomic E-state index is 9.47. The Morgan fingerprint density at radius 3 is 2.40 bits per heavy atom. The standard InChI is InChI=1S/C9H16O6/c1-2-3-14-9-8(13)7(12)6(11)5(4-10)15-9/h2,5-13H,1,3-4H2. The maximum Gasteiger partial charge on any atom is 0.187 e. The normalized spacial score (nSPS) is 41.5. The van der Waals surface area contributed by atoms with Crippen LogP contribution < -0.4 is 0 Å². The van der Waals surface area contributed by atoms with E-state index in [4.69, 9.17) is 14.6 Å². The number of hydrogen-bond donors (Lipinski definition) is 4. The summed E-state index contributed by atoms with van der Waals surface area (Å²) in [4.78, 5) is 0. The molecule has 0 aliphatic carbocycles. The Bertz CT molecular complexity index is 207. The van der Waals surface area contributed by atoms with E-state index >= 15 is 0 Å². The molecule has 6 nitrogen and oxygen atoms in total. The van der Waals surface area contributed by atoms with E-state index in [9.17, 15) is 15.3 Å². The fourth-order valence-electron chi connectivity index (χ4n) is 1.37. The molecule has 0 aromatic rings. The molecule has 1 heterocycles. The third kappa shape index (κ3) is 2.75. The highest BCUT2D eigenvalue weighted by molar-refractivity contribution is 4.89. The van der Waals surface area contributed by atoms with Crippen LogP contribution in [-0.4, -0.2) is 64.3 Å². The van der Waals surface area contributed by atoms with Crippen LogP contribution in [0.2, 0.25) is 0 Å². The summed E-state index contributed by atoms with van der Waals surface area (Å²) >= 11 is 0. The van der Waals surface area contributed by atoms with Crippen molar-refractivity contribution < 1.29 is 29.9 Å². The summed E-state index contributed by atoms with van der Waals surface area (Å²) in [6, 6.07) is 0. The Kier molecular flexibility index (Phi) is 4.65. The summed E-state index contributed by atoms with van der Waals surface area (Å²) in [7, 11) is 0. The first-order valence-corrected chi connectivity index (χ1v) is 4.64. The average molecular weight is 220 g/mol. The van der Waals surface area contributed by atoms with Crippen molar-refractivity contribution in [2.24, 2.45) is 0 Å². The highest BCUT2D eigenvalue weighted by Crippen LogP contribution is 2.21. The molecule has 88 valence electrons. The first-order valence-electron chi connectivity index (χ1n) is 4.64. The number of aliphatic hydroxyl groups excluding tert-OH is 4. The molecule has 5 unspecified atom stereocenters. The largest absolute Gasteiger partial charge is 0.394 e. The van der Waals surface area contributed by atoms with Gasteiger partial charge in [-0.15, -0.1) is 6.58 Å². The molecule has 0 saturated carbocycles. The number of hydrogen-bond acceptors (Lipinski definition) is 6. The van der Waals surface area contributed by atoms with Crippen LogP contribution in [0.5, 0.6) is 0 Å². The van der Waals surface area contributed by atoms with Gasteiger partial charge in [0.15, 0.2) is 6.29 Å². The lowest BCUT2D eigenvalue weighted by Gasteiger charge is -2.39. The van der Waals surface area contributed by atoms with Gasteiger partial charge in [-0.25, -0.2) is 0 Å². The summed E-state index contributed by atoms with van der Waals surface area (Å²) in [6.45, 7) is 3.10. The van der Waals surface area contributed by atoms with E-state index in [2.05, 4.69) is 6.58 Å². The van der Waals surface area contributed by atoms with Crippen LogP contribution in [0.25, 0.3) is 0 Å². The van der Waals surface area contributed by atoms with E-state index in [1.807, 2.05) is 0 Å². The van der Waals surface area contributed by atoms with Crippen LogP contribution in [0.1, 0.15) is 0 Å². The fourth-order valence-corrected chi connectivity index (χ4v) is 1.37. The molecule has 0 aromatic heterocycles. The summed E-state index contributed by atoms with van der Waals surface area (Å²) in [5.74, 6) is 0. The zero-order chi connectivity index (χ0) is 11.4. The Balaban J connectivity index is 2.60. The average Bonchev–Trinajstić information content (AvgIpc) is 2.25. The molecule has 6 heteroatoms. The van der Waals surface area contributed by atoms with Crippen LogP contribution in [0, 0.1) is 0 Å². The molecule has 1 saturated heterocycles. The van der Waals surface area contributed by atoms with E-state index in [0.717, 1.165) is 0 Å². The smallest absolute Gasteiger partial charge is 0.187 e. The Labute approximate surface area is 87.4 Å². The molecule has 5 atom stereocenters. The van der Waals surface area contributed by atoms with Crippen molar-refractivity contribution in [1.29, 1.82) is 0 Å². The van der Waals surface area contributed by atoms with Crippen LogP contribution in [0.3, 0.4) is 0 Å². The zero-order valence-corrected chi connectivity index (χ0v) is 8.19. The second-order valence-corrected chi connectivity index (χ2v) is 3.32.